The van der Waals surface area contributed by atoms with Crippen LogP contribution in [0, 0.1) is 0 Å². The summed E-state index contributed by atoms with van der Waals surface area (Å²) in [4.78, 5) is 32.9. The smallest absolute Gasteiger partial charge is 0.338 e. The number of nitrogens with zero attached hydrogens (tertiary/aromatic N) is 2. The van der Waals surface area contributed by atoms with Gasteiger partial charge in [-0.1, -0.05) is 59.3 Å². The van der Waals surface area contributed by atoms with Gasteiger partial charge in [0.15, 0.2) is 16.3 Å². The molecule has 250 valence electrons. The molecule has 0 saturated heterocycles. The van der Waals surface area contributed by atoms with E-state index in [1.165, 1.54) is 11.3 Å². The molecule has 48 heavy (non-hydrogen) atoms. The van der Waals surface area contributed by atoms with E-state index in [9.17, 15) is 9.59 Å². The van der Waals surface area contributed by atoms with Gasteiger partial charge in [0.05, 0.1) is 41.2 Å². The molecule has 1 aromatic heterocycles. The van der Waals surface area contributed by atoms with Crippen molar-refractivity contribution in [3.63, 3.8) is 0 Å². The molecule has 1 aliphatic heterocycles. The molecule has 0 unspecified atom stereocenters. The van der Waals surface area contributed by atoms with E-state index in [1.807, 2.05) is 80.6 Å². The molecule has 10 heteroatoms. The zero-order valence-corrected chi connectivity index (χ0v) is 29.3. The Morgan fingerprint density at radius 1 is 1.04 bits per heavy atom. The molecule has 0 amide bonds. The van der Waals surface area contributed by atoms with Gasteiger partial charge in [-0.2, -0.15) is 0 Å². The minimum absolute atomic E-state index is 0.258. The van der Waals surface area contributed by atoms with E-state index in [0.717, 1.165) is 22.3 Å². The number of hydrogen-bond donors (Lipinski definition) is 0. The van der Waals surface area contributed by atoms with Crippen LogP contribution in [0.4, 0.5) is 0 Å². The molecule has 0 bridgehead atoms. The maximum absolute atomic E-state index is 14.2. The summed E-state index contributed by atoms with van der Waals surface area (Å²) in [5.41, 5.74) is 3.73. The van der Waals surface area contributed by atoms with Crippen LogP contribution in [0.2, 0.25) is 5.02 Å². The van der Waals surface area contributed by atoms with Crippen molar-refractivity contribution in [2.24, 2.45) is 4.99 Å². The van der Waals surface area contributed by atoms with E-state index in [-0.39, 0.29) is 18.3 Å². The molecule has 0 aliphatic carbocycles. The number of rotatable bonds is 13. The van der Waals surface area contributed by atoms with Crippen molar-refractivity contribution < 1.29 is 23.7 Å². The third-order valence-electron chi connectivity index (χ3n) is 7.54. The number of halogens is 1. The van der Waals surface area contributed by atoms with E-state index in [2.05, 4.69) is 6.58 Å². The van der Waals surface area contributed by atoms with E-state index in [0.29, 0.717) is 62.5 Å². The third kappa shape index (κ3) is 7.58. The molecular weight excluding hydrogens is 648 g/mol. The maximum Gasteiger partial charge on any atom is 0.338 e. The van der Waals surface area contributed by atoms with Crippen LogP contribution in [0.5, 0.6) is 17.2 Å². The van der Waals surface area contributed by atoms with Crippen LogP contribution < -0.4 is 29.1 Å². The number of aromatic nitrogens is 1. The molecule has 3 aromatic carbocycles. The van der Waals surface area contributed by atoms with E-state index in [4.69, 9.17) is 35.5 Å². The van der Waals surface area contributed by atoms with Crippen molar-refractivity contribution in [3.05, 3.63) is 132 Å². The highest BCUT2D eigenvalue weighted by Gasteiger charge is 2.34. The number of benzene rings is 3. The van der Waals surface area contributed by atoms with Gasteiger partial charge in [-0.05, 0) is 88.6 Å². The molecule has 2 heterocycles. The first-order chi connectivity index (χ1) is 23.1. The fourth-order valence-electron chi connectivity index (χ4n) is 5.51. The Kier molecular flexibility index (Phi) is 11.2. The zero-order chi connectivity index (χ0) is 34.4. The van der Waals surface area contributed by atoms with Gasteiger partial charge in [0, 0.05) is 16.1 Å². The fourth-order valence-corrected chi connectivity index (χ4v) is 6.74. The Labute approximate surface area is 289 Å². The highest BCUT2D eigenvalue weighted by atomic mass is 35.5. The molecule has 0 N–H and O–H groups in total. The third-order valence-corrected chi connectivity index (χ3v) is 8.89. The summed E-state index contributed by atoms with van der Waals surface area (Å²) in [5, 5.41) is 0.618. The second-order valence-electron chi connectivity index (χ2n) is 11.4. The number of carbonyl (C=O) groups excluding carboxylic acids is 1. The standard InChI is InChI=1S/C38H39ClN2O6S/c1-7-12-27-19-25(20-31(45-9-3)35(27)46-22-28-13-10-11-14-30(28)39)21-32-36(42)41-34(26-15-17-29(18-16-26)44-8-2)33(37(43)47-23(4)5)24(6)40-38(41)48-32/h7,10-11,13-21,23,34H,1,8-9,12,22H2,2-6H3/b32-21-/t34-/m1/s1. The summed E-state index contributed by atoms with van der Waals surface area (Å²) in [6.45, 7) is 14.3. The van der Waals surface area contributed by atoms with E-state index >= 15 is 0 Å². The summed E-state index contributed by atoms with van der Waals surface area (Å²) >= 11 is 7.65. The lowest BCUT2D eigenvalue weighted by molar-refractivity contribution is -0.143. The Morgan fingerprint density at radius 3 is 2.44 bits per heavy atom. The van der Waals surface area contributed by atoms with E-state index in [1.54, 1.807) is 31.4 Å². The predicted molar refractivity (Wildman–Crippen MR) is 190 cm³/mol. The molecule has 1 aliphatic rings. The number of thiazole rings is 1. The highest BCUT2D eigenvalue weighted by Crippen LogP contribution is 2.36. The summed E-state index contributed by atoms with van der Waals surface area (Å²) in [6, 6.07) is 18.0. The largest absolute Gasteiger partial charge is 0.494 e. The Hall–Kier alpha value is -4.60. The molecule has 8 nitrogen and oxygen atoms in total. The van der Waals surface area contributed by atoms with Crippen LogP contribution in [0.15, 0.2) is 94.4 Å². The number of ether oxygens (including phenoxy) is 4. The first-order valence-corrected chi connectivity index (χ1v) is 17.1. The topological polar surface area (TPSA) is 88.4 Å². The minimum Gasteiger partial charge on any atom is -0.494 e. The molecule has 0 saturated carbocycles. The van der Waals surface area contributed by atoms with Gasteiger partial charge < -0.3 is 18.9 Å². The number of esters is 1. The fraction of sp³-hybridized carbons (Fsp3) is 0.289. The van der Waals surface area contributed by atoms with Crippen molar-refractivity contribution >= 4 is 35.0 Å². The molecule has 0 spiro atoms. The van der Waals surface area contributed by atoms with Crippen molar-refractivity contribution in [1.82, 2.24) is 4.57 Å². The first kappa shape index (κ1) is 34.7. The summed E-state index contributed by atoms with van der Waals surface area (Å²) in [6.07, 6.45) is 3.78. The van der Waals surface area contributed by atoms with Crippen LogP contribution in [0.25, 0.3) is 6.08 Å². The van der Waals surface area contributed by atoms with Gasteiger partial charge in [-0.15, -0.1) is 6.58 Å². The van der Waals surface area contributed by atoms with Gasteiger partial charge in [0.2, 0.25) is 0 Å². The molecule has 1 atom stereocenters. The minimum atomic E-state index is -0.735. The second-order valence-corrected chi connectivity index (χ2v) is 12.8. The second kappa shape index (κ2) is 15.5. The number of allylic oxidation sites excluding steroid dienone is 2. The van der Waals surface area contributed by atoms with E-state index < -0.39 is 12.0 Å². The van der Waals surface area contributed by atoms with Crippen molar-refractivity contribution in [1.29, 1.82) is 0 Å². The summed E-state index contributed by atoms with van der Waals surface area (Å²) < 4.78 is 25.6. The summed E-state index contributed by atoms with van der Waals surface area (Å²) in [7, 11) is 0. The monoisotopic (exact) mass is 686 g/mol. The molecule has 0 radical (unpaired) electrons. The van der Waals surface area contributed by atoms with Gasteiger partial charge in [-0.25, -0.2) is 9.79 Å². The normalized spacial score (nSPS) is 14.4. The quantitative estimate of drug-likeness (QED) is 0.112. The average Bonchev–Trinajstić information content (AvgIpc) is 3.35. The Morgan fingerprint density at radius 2 is 1.77 bits per heavy atom. The lowest BCUT2D eigenvalue weighted by Gasteiger charge is -2.25. The van der Waals surface area contributed by atoms with Crippen LogP contribution in [-0.2, 0) is 22.6 Å². The summed E-state index contributed by atoms with van der Waals surface area (Å²) in [5.74, 6) is 1.32. The van der Waals surface area contributed by atoms with Crippen LogP contribution in [0.1, 0.15) is 62.9 Å². The molecule has 0 fully saturated rings. The first-order valence-electron chi connectivity index (χ1n) is 15.9. The van der Waals surface area contributed by atoms with Crippen LogP contribution in [0.3, 0.4) is 0 Å². The van der Waals surface area contributed by atoms with Crippen molar-refractivity contribution in [3.8, 4) is 17.2 Å². The number of hydrogen-bond acceptors (Lipinski definition) is 8. The van der Waals surface area contributed by atoms with Crippen molar-refractivity contribution in [2.75, 3.05) is 13.2 Å². The number of fused-ring (bicyclic) bond motifs is 1. The number of carbonyl (C=O) groups is 1. The molecular formula is C38H39ClN2O6S. The predicted octanol–water partition coefficient (Wildman–Crippen LogP) is 6.95. The Balaban J connectivity index is 1.62. The maximum atomic E-state index is 14.2. The van der Waals surface area contributed by atoms with Gasteiger partial charge in [0.1, 0.15) is 12.4 Å². The van der Waals surface area contributed by atoms with Gasteiger partial charge in [-0.3, -0.25) is 9.36 Å². The van der Waals surface area contributed by atoms with Crippen LogP contribution >= 0.6 is 22.9 Å². The SMILES string of the molecule is C=CCc1cc(/C=c2\sc3n(c2=O)[C@H](c2ccc(OCC)cc2)C(C(=O)OC(C)C)=C(C)N=3)cc(OCC)c1OCc1ccccc1Cl. The molecule has 5 rings (SSSR count). The van der Waals surface area contributed by atoms with Crippen molar-refractivity contribution in [2.45, 2.75) is 59.8 Å². The van der Waals surface area contributed by atoms with Crippen LogP contribution in [-0.4, -0.2) is 29.9 Å². The lowest BCUT2D eigenvalue weighted by atomic mass is 9.96. The molecule has 4 aromatic rings. The van der Waals surface area contributed by atoms with Gasteiger partial charge in [0.25, 0.3) is 5.56 Å². The lowest BCUT2D eigenvalue weighted by Crippen LogP contribution is -2.40. The van der Waals surface area contributed by atoms with Gasteiger partial charge >= 0.3 is 5.97 Å². The Bertz CT molecular complexity index is 2030. The highest BCUT2D eigenvalue weighted by molar-refractivity contribution is 7.07. The average molecular weight is 687 g/mol. The zero-order valence-electron chi connectivity index (χ0n) is 27.7.